The maximum Gasteiger partial charge on any atom is 0.194 e. The number of benzene rings is 1. The number of nitrogens with zero attached hydrogens (tertiary/aromatic N) is 2. The van der Waals surface area contributed by atoms with E-state index in [0.717, 1.165) is 50.7 Å². The average molecular weight is 425 g/mol. The molecule has 1 aromatic heterocycles. The molecular formula is C18H24IN3O. The largest absolute Gasteiger partial charge is 0.469 e. The van der Waals surface area contributed by atoms with Gasteiger partial charge in [0.25, 0.3) is 0 Å². The Bertz CT molecular complexity index is 625. The summed E-state index contributed by atoms with van der Waals surface area (Å²) >= 11 is 0. The third kappa shape index (κ3) is 4.73. The van der Waals surface area contributed by atoms with Crippen molar-refractivity contribution in [2.75, 3.05) is 19.6 Å². The van der Waals surface area contributed by atoms with Crippen LogP contribution in [0.4, 0.5) is 0 Å². The Labute approximate surface area is 155 Å². The van der Waals surface area contributed by atoms with Crippen LogP contribution in [0.25, 0.3) is 0 Å². The van der Waals surface area contributed by atoms with E-state index in [1.807, 2.05) is 12.1 Å². The van der Waals surface area contributed by atoms with Crippen LogP contribution in [0.2, 0.25) is 0 Å². The Balaban J connectivity index is 0.00000192. The number of hydrogen-bond acceptors (Lipinski definition) is 2. The molecule has 5 heteroatoms. The highest BCUT2D eigenvalue weighted by atomic mass is 127. The van der Waals surface area contributed by atoms with E-state index in [4.69, 9.17) is 9.41 Å². The minimum Gasteiger partial charge on any atom is -0.469 e. The number of furan rings is 1. The van der Waals surface area contributed by atoms with Gasteiger partial charge in [0.2, 0.25) is 0 Å². The quantitative estimate of drug-likeness (QED) is 0.464. The van der Waals surface area contributed by atoms with Crippen LogP contribution in [0.1, 0.15) is 23.8 Å². The van der Waals surface area contributed by atoms with Gasteiger partial charge in [0.15, 0.2) is 5.96 Å². The van der Waals surface area contributed by atoms with Crippen LogP contribution in [-0.4, -0.2) is 30.5 Å². The molecule has 3 rings (SSSR count). The maximum atomic E-state index is 5.36. The summed E-state index contributed by atoms with van der Waals surface area (Å²) in [7, 11) is 0. The number of nitrogens with one attached hydrogen (secondary N) is 1. The number of fused-ring (bicyclic) bond motifs is 1. The number of halogens is 1. The third-order valence-corrected chi connectivity index (χ3v) is 3.96. The highest BCUT2D eigenvalue weighted by Crippen LogP contribution is 2.18. The van der Waals surface area contributed by atoms with E-state index in [0.29, 0.717) is 0 Å². The van der Waals surface area contributed by atoms with Crippen LogP contribution in [0, 0.1) is 0 Å². The molecule has 0 saturated carbocycles. The van der Waals surface area contributed by atoms with Gasteiger partial charge in [-0.15, -0.1) is 24.0 Å². The minimum atomic E-state index is 0. The van der Waals surface area contributed by atoms with Gasteiger partial charge in [0.1, 0.15) is 5.76 Å². The zero-order valence-corrected chi connectivity index (χ0v) is 15.8. The van der Waals surface area contributed by atoms with Crippen LogP contribution >= 0.6 is 24.0 Å². The van der Waals surface area contributed by atoms with E-state index >= 15 is 0 Å². The van der Waals surface area contributed by atoms with Gasteiger partial charge < -0.3 is 14.6 Å². The molecule has 0 radical (unpaired) electrons. The number of rotatable bonds is 4. The second-order valence-corrected chi connectivity index (χ2v) is 5.51. The van der Waals surface area contributed by atoms with Crippen molar-refractivity contribution in [1.29, 1.82) is 0 Å². The van der Waals surface area contributed by atoms with Gasteiger partial charge in [0, 0.05) is 32.6 Å². The second kappa shape index (κ2) is 8.96. The monoisotopic (exact) mass is 425 g/mol. The normalized spacial score (nSPS) is 14.1. The van der Waals surface area contributed by atoms with E-state index in [9.17, 15) is 0 Å². The van der Waals surface area contributed by atoms with Gasteiger partial charge in [-0.2, -0.15) is 0 Å². The molecule has 4 nitrogen and oxygen atoms in total. The van der Waals surface area contributed by atoms with Crippen molar-refractivity contribution in [3.05, 3.63) is 59.5 Å². The maximum absolute atomic E-state index is 5.36. The lowest BCUT2D eigenvalue weighted by atomic mass is 10.0. The highest BCUT2D eigenvalue weighted by molar-refractivity contribution is 14.0. The van der Waals surface area contributed by atoms with E-state index < -0.39 is 0 Å². The van der Waals surface area contributed by atoms with Gasteiger partial charge in [-0.25, -0.2) is 0 Å². The first kappa shape index (κ1) is 17.8. The lowest BCUT2D eigenvalue weighted by Gasteiger charge is -2.31. The summed E-state index contributed by atoms with van der Waals surface area (Å²) in [6, 6.07) is 12.6. The Morgan fingerprint density at radius 1 is 1.22 bits per heavy atom. The van der Waals surface area contributed by atoms with E-state index in [1.54, 1.807) is 6.26 Å². The van der Waals surface area contributed by atoms with Gasteiger partial charge in [-0.05, 0) is 36.6 Å². The molecule has 1 aromatic carbocycles. The van der Waals surface area contributed by atoms with Crippen molar-refractivity contribution in [2.24, 2.45) is 4.99 Å². The summed E-state index contributed by atoms with van der Waals surface area (Å²) in [5, 5.41) is 3.41. The molecule has 2 aromatic rings. The Kier molecular flexibility index (Phi) is 6.95. The molecule has 1 aliphatic heterocycles. The van der Waals surface area contributed by atoms with Crippen molar-refractivity contribution < 1.29 is 4.42 Å². The first-order chi connectivity index (χ1) is 10.9. The molecule has 0 bridgehead atoms. The molecule has 0 fully saturated rings. The van der Waals surface area contributed by atoms with Crippen molar-refractivity contribution in [2.45, 2.75) is 26.3 Å². The first-order valence-corrected chi connectivity index (χ1v) is 7.99. The molecule has 0 aliphatic carbocycles. The summed E-state index contributed by atoms with van der Waals surface area (Å²) in [5.41, 5.74) is 2.87. The van der Waals surface area contributed by atoms with Gasteiger partial charge >= 0.3 is 0 Å². The van der Waals surface area contributed by atoms with Crippen LogP contribution in [-0.2, 0) is 19.4 Å². The predicted octanol–water partition coefficient (Wildman–Crippen LogP) is 3.46. The predicted molar refractivity (Wildman–Crippen MR) is 104 cm³/mol. The van der Waals surface area contributed by atoms with E-state index in [2.05, 4.69) is 41.4 Å². The molecule has 124 valence electrons. The van der Waals surface area contributed by atoms with Crippen molar-refractivity contribution in [1.82, 2.24) is 10.2 Å². The molecule has 0 saturated heterocycles. The van der Waals surface area contributed by atoms with Crippen LogP contribution < -0.4 is 5.32 Å². The summed E-state index contributed by atoms with van der Waals surface area (Å²) in [6.45, 7) is 5.69. The fraction of sp³-hybridized carbons (Fsp3) is 0.389. The summed E-state index contributed by atoms with van der Waals surface area (Å²) in [6.07, 6.45) is 3.64. The third-order valence-electron chi connectivity index (χ3n) is 3.96. The van der Waals surface area contributed by atoms with Crippen molar-refractivity contribution in [3.63, 3.8) is 0 Å². The molecule has 0 unspecified atom stereocenters. The van der Waals surface area contributed by atoms with Crippen LogP contribution in [0.5, 0.6) is 0 Å². The summed E-state index contributed by atoms with van der Waals surface area (Å²) in [5.74, 6) is 1.99. The standard InChI is InChI=1S/C18H23N3O.HI/c1-2-19-18(20-11-9-17-8-5-13-22-17)21-12-10-15-6-3-4-7-16(15)14-21;/h3-8,13H,2,9-12,14H2,1H3,(H,19,20);1H. The Morgan fingerprint density at radius 2 is 2.04 bits per heavy atom. The molecule has 1 N–H and O–H groups in total. The van der Waals surface area contributed by atoms with Crippen LogP contribution in [0.15, 0.2) is 52.1 Å². The van der Waals surface area contributed by atoms with Crippen LogP contribution in [0.3, 0.4) is 0 Å². The molecule has 1 aliphatic rings. The first-order valence-electron chi connectivity index (χ1n) is 7.99. The number of aliphatic imine (C=N–C) groups is 1. The lowest BCUT2D eigenvalue weighted by Crippen LogP contribution is -2.44. The van der Waals surface area contributed by atoms with Crippen molar-refractivity contribution >= 4 is 29.9 Å². The summed E-state index contributed by atoms with van der Waals surface area (Å²) < 4.78 is 5.36. The molecule has 0 atom stereocenters. The second-order valence-electron chi connectivity index (χ2n) is 5.51. The zero-order chi connectivity index (χ0) is 15.2. The average Bonchev–Trinajstić information content (AvgIpc) is 3.07. The van der Waals surface area contributed by atoms with E-state index in [-0.39, 0.29) is 24.0 Å². The van der Waals surface area contributed by atoms with Gasteiger partial charge in [-0.3, -0.25) is 4.99 Å². The van der Waals surface area contributed by atoms with Gasteiger partial charge in [0.05, 0.1) is 6.26 Å². The SMILES string of the molecule is CCNC(=NCCc1ccco1)N1CCc2ccccc2C1.I. The smallest absolute Gasteiger partial charge is 0.194 e. The highest BCUT2D eigenvalue weighted by Gasteiger charge is 2.18. The minimum absolute atomic E-state index is 0. The zero-order valence-electron chi connectivity index (χ0n) is 13.5. The molecular weight excluding hydrogens is 401 g/mol. The molecule has 23 heavy (non-hydrogen) atoms. The Hall–Kier alpha value is -1.50. The van der Waals surface area contributed by atoms with Crippen molar-refractivity contribution in [3.8, 4) is 0 Å². The molecule has 0 amide bonds. The number of guanidine groups is 1. The fourth-order valence-electron chi connectivity index (χ4n) is 2.83. The van der Waals surface area contributed by atoms with E-state index in [1.165, 1.54) is 11.1 Å². The fourth-order valence-corrected chi connectivity index (χ4v) is 2.83. The van der Waals surface area contributed by atoms with Gasteiger partial charge in [-0.1, -0.05) is 24.3 Å². The topological polar surface area (TPSA) is 40.8 Å². The summed E-state index contributed by atoms with van der Waals surface area (Å²) in [4.78, 5) is 7.10. The lowest BCUT2D eigenvalue weighted by molar-refractivity contribution is 0.378. The number of hydrogen-bond donors (Lipinski definition) is 1. The molecule has 0 spiro atoms. The Morgan fingerprint density at radius 3 is 2.78 bits per heavy atom. The molecule has 2 heterocycles.